The van der Waals surface area contributed by atoms with Crippen molar-refractivity contribution in [3.05, 3.63) is 23.2 Å². The number of fused-ring (bicyclic) bond motifs is 1. The molecular formula is C14H19ClN4O. The van der Waals surface area contributed by atoms with Gasteiger partial charge in [0, 0.05) is 25.8 Å². The Labute approximate surface area is 123 Å². The fourth-order valence-electron chi connectivity index (χ4n) is 2.70. The van der Waals surface area contributed by atoms with Crippen molar-refractivity contribution in [2.24, 2.45) is 7.05 Å². The van der Waals surface area contributed by atoms with Gasteiger partial charge in [0.05, 0.1) is 18.6 Å². The molecule has 0 unspecified atom stereocenters. The molecule has 2 aromatic heterocycles. The monoisotopic (exact) mass is 294 g/mol. The van der Waals surface area contributed by atoms with Crippen LogP contribution in [0.2, 0.25) is 5.15 Å². The van der Waals surface area contributed by atoms with Crippen LogP contribution in [0.5, 0.6) is 0 Å². The number of hydrogen-bond donors (Lipinski definition) is 0. The molecule has 0 aromatic carbocycles. The normalized spacial score (nSPS) is 16.9. The maximum absolute atomic E-state index is 6.11. The predicted octanol–water partition coefficient (Wildman–Crippen LogP) is 1.89. The van der Waals surface area contributed by atoms with E-state index in [1.54, 1.807) is 0 Å². The highest BCUT2D eigenvalue weighted by molar-refractivity contribution is 6.33. The minimum absolute atomic E-state index is 0.532. The van der Waals surface area contributed by atoms with Gasteiger partial charge < -0.3 is 9.30 Å². The van der Waals surface area contributed by atoms with Crippen molar-refractivity contribution in [3.63, 3.8) is 0 Å². The highest BCUT2D eigenvalue weighted by atomic mass is 35.5. The molecule has 1 saturated heterocycles. The molecule has 1 aliphatic heterocycles. The Balaban J connectivity index is 1.65. The smallest absolute Gasteiger partial charge is 0.144 e. The first-order valence-corrected chi connectivity index (χ1v) is 7.38. The Morgan fingerprint density at radius 3 is 2.85 bits per heavy atom. The maximum atomic E-state index is 6.11. The van der Waals surface area contributed by atoms with Crippen molar-refractivity contribution < 1.29 is 4.74 Å². The highest BCUT2D eigenvalue weighted by Gasteiger charge is 2.12. The number of hydrogen-bond acceptors (Lipinski definition) is 4. The number of aromatic nitrogens is 3. The molecule has 2 aromatic rings. The van der Waals surface area contributed by atoms with Crippen molar-refractivity contribution in [3.8, 4) is 0 Å². The topological polar surface area (TPSA) is 43.2 Å². The van der Waals surface area contributed by atoms with Crippen LogP contribution in [0.15, 0.2) is 12.4 Å². The summed E-state index contributed by atoms with van der Waals surface area (Å²) in [6, 6.07) is 2.11. The second kappa shape index (κ2) is 6.08. The van der Waals surface area contributed by atoms with Crippen molar-refractivity contribution in [1.29, 1.82) is 0 Å². The molecule has 1 fully saturated rings. The Morgan fingerprint density at radius 2 is 2.10 bits per heavy atom. The Hall–Kier alpha value is -1.17. The van der Waals surface area contributed by atoms with Crippen LogP contribution in [0, 0.1) is 0 Å². The van der Waals surface area contributed by atoms with E-state index < -0.39 is 0 Å². The van der Waals surface area contributed by atoms with E-state index in [4.69, 9.17) is 16.3 Å². The first-order valence-electron chi connectivity index (χ1n) is 7.00. The van der Waals surface area contributed by atoms with E-state index in [0.717, 1.165) is 56.7 Å². The minimum atomic E-state index is 0.532. The molecule has 0 bridgehead atoms. The van der Waals surface area contributed by atoms with Crippen LogP contribution in [0.1, 0.15) is 12.1 Å². The number of ether oxygens (including phenoxy) is 1. The van der Waals surface area contributed by atoms with Gasteiger partial charge in [-0.25, -0.2) is 9.97 Å². The zero-order valence-corrected chi connectivity index (χ0v) is 12.4. The second-order valence-corrected chi connectivity index (χ2v) is 5.51. The molecule has 108 valence electrons. The Kier molecular flexibility index (Phi) is 4.19. The van der Waals surface area contributed by atoms with Gasteiger partial charge in [-0.1, -0.05) is 11.6 Å². The molecule has 20 heavy (non-hydrogen) atoms. The van der Waals surface area contributed by atoms with Crippen LogP contribution in [-0.2, 0) is 18.2 Å². The number of rotatable bonds is 4. The van der Waals surface area contributed by atoms with E-state index in [0.29, 0.717) is 5.15 Å². The average molecular weight is 295 g/mol. The fraction of sp³-hybridized carbons (Fsp3) is 0.571. The van der Waals surface area contributed by atoms with Gasteiger partial charge in [0.15, 0.2) is 0 Å². The van der Waals surface area contributed by atoms with E-state index >= 15 is 0 Å². The Bertz CT molecular complexity index is 592. The first kappa shape index (κ1) is 13.8. The van der Waals surface area contributed by atoms with Gasteiger partial charge in [-0.15, -0.1) is 0 Å². The molecule has 0 spiro atoms. The summed E-state index contributed by atoms with van der Waals surface area (Å²) >= 11 is 6.11. The zero-order valence-electron chi connectivity index (χ0n) is 11.7. The van der Waals surface area contributed by atoms with Gasteiger partial charge in [0.2, 0.25) is 0 Å². The largest absolute Gasteiger partial charge is 0.379 e. The summed E-state index contributed by atoms with van der Waals surface area (Å²) in [6.45, 7) is 4.93. The van der Waals surface area contributed by atoms with Crippen molar-refractivity contribution >= 4 is 22.6 Å². The van der Waals surface area contributed by atoms with Gasteiger partial charge in [-0.2, -0.15) is 0 Å². The lowest BCUT2D eigenvalue weighted by Gasteiger charge is -2.26. The molecule has 6 heteroatoms. The third-order valence-corrected chi connectivity index (χ3v) is 4.19. The summed E-state index contributed by atoms with van der Waals surface area (Å²) in [5.74, 6) is 0. The molecule has 0 atom stereocenters. The molecule has 1 aliphatic rings. The molecule has 5 nitrogen and oxygen atoms in total. The number of aryl methyl sites for hydroxylation is 2. The van der Waals surface area contributed by atoms with Gasteiger partial charge >= 0.3 is 0 Å². The standard InChI is InChI=1S/C14H19ClN4O/c1-18-11(3-2-4-19-5-7-20-8-6-19)9-12-13(15)16-10-17-14(12)18/h9-10H,2-8H2,1H3. The zero-order chi connectivity index (χ0) is 13.9. The molecule has 0 N–H and O–H groups in total. The summed E-state index contributed by atoms with van der Waals surface area (Å²) in [6.07, 6.45) is 3.68. The molecule has 3 rings (SSSR count). The van der Waals surface area contributed by atoms with E-state index in [1.807, 2.05) is 7.05 Å². The molecular weight excluding hydrogens is 276 g/mol. The van der Waals surface area contributed by atoms with Gasteiger partial charge in [0.1, 0.15) is 17.1 Å². The summed E-state index contributed by atoms with van der Waals surface area (Å²) in [5.41, 5.74) is 2.17. The highest BCUT2D eigenvalue weighted by Crippen LogP contribution is 2.23. The average Bonchev–Trinajstić information content (AvgIpc) is 2.79. The molecule has 0 saturated carbocycles. The van der Waals surface area contributed by atoms with E-state index in [2.05, 4.69) is 25.5 Å². The SMILES string of the molecule is Cn1c(CCCN2CCOCC2)cc2c(Cl)ncnc21. The summed E-state index contributed by atoms with van der Waals surface area (Å²) in [5, 5.41) is 1.48. The number of nitrogens with zero attached hydrogens (tertiary/aromatic N) is 4. The van der Waals surface area contributed by atoms with Gasteiger partial charge in [-0.3, -0.25) is 4.90 Å². The van der Waals surface area contributed by atoms with Crippen LogP contribution in [0.25, 0.3) is 11.0 Å². The van der Waals surface area contributed by atoms with Gasteiger partial charge in [0.25, 0.3) is 0 Å². The van der Waals surface area contributed by atoms with Crippen LogP contribution < -0.4 is 0 Å². The van der Waals surface area contributed by atoms with E-state index in [9.17, 15) is 0 Å². The number of morpholine rings is 1. The number of halogens is 1. The minimum Gasteiger partial charge on any atom is -0.379 e. The lowest BCUT2D eigenvalue weighted by Crippen LogP contribution is -2.37. The lowest BCUT2D eigenvalue weighted by molar-refractivity contribution is 0.0374. The van der Waals surface area contributed by atoms with Crippen LogP contribution in [-0.4, -0.2) is 52.3 Å². The van der Waals surface area contributed by atoms with E-state index in [-0.39, 0.29) is 0 Å². The summed E-state index contributed by atoms with van der Waals surface area (Å²) in [7, 11) is 2.04. The fourth-order valence-corrected chi connectivity index (χ4v) is 2.89. The third-order valence-electron chi connectivity index (χ3n) is 3.88. The molecule has 3 heterocycles. The van der Waals surface area contributed by atoms with Crippen molar-refractivity contribution in [1.82, 2.24) is 19.4 Å². The first-order chi connectivity index (χ1) is 9.75. The maximum Gasteiger partial charge on any atom is 0.144 e. The van der Waals surface area contributed by atoms with Crippen molar-refractivity contribution in [2.75, 3.05) is 32.8 Å². The van der Waals surface area contributed by atoms with Crippen LogP contribution >= 0.6 is 11.6 Å². The van der Waals surface area contributed by atoms with Crippen molar-refractivity contribution in [2.45, 2.75) is 12.8 Å². The molecule has 0 amide bonds. The Morgan fingerprint density at radius 1 is 1.30 bits per heavy atom. The summed E-state index contributed by atoms with van der Waals surface area (Å²) < 4.78 is 7.47. The third kappa shape index (κ3) is 2.80. The van der Waals surface area contributed by atoms with Crippen LogP contribution in [0.3, 0.4) is 0 Å². The lowest BCUT2D eigenvalue weighted by atomic mass is 10.2. The predicted molar refractivity (Wildman–Crippen MR) is 79.1 cm³/mol. The molecule has 0 radical (unpaired) electrons. The van der Waals surface area contributed by atoms with Crippen LogP contribution in [0.4, 0.5) is 0 Å². The summed E-state index contributed by atoms with van der Waals surface area (Å²) in [4.78, 5) is 10.8. The molecule has 0 aliphatic carbocycles. The quantitative estimate of drug-likeness (QED) is 0.808. The van der Waals surface area contributed by atoms with E-state index in [1.165, 1.54) is 12.0 Å². The second-order valence-electron chi connectivity index (χ2n) is 5.15. The van der Waals surface area contributed by atoms with Gasteiger partial charge in [-0.05, 0) is 25.5 Å².